The number of halogens is 2. The van der Waals surface area contributed by atoms with Gasteiger partial charge in [0.25, 0.3) is 5.56 Å². The van der Waals surface area contributed by atoms with Crippen LogP contribution in [0, 0.1) is 0 Å². The zero-order valence-electron chi connectivity index (χ0n) is 9.09. The molecule has 2 aromatic rings. The second kappa shape index (κ2) is 5.18. The number of hydrogen-bond acceptors (Lipinski definition) is 3. The number of H-pyrrole nitrogens is 1. The number of aromatic nitrogens is 2. The SMILES string of the molecule is CCCc1nc(-c2ccc(Br)o2)[nH]c(=O)c1Br. The minimum Gasteiger partial charge on any atom is -0.446 e. The van der Waals surface area contributed by atoms with Crippen LogP contribution in [-0.2, 0) is 6.42 Å². The zero-order valence-corrected chi connectivity index (χ0v) is 12.3. The van der Waals surface area contributed by atoms with Crippen molar-refractivity contribution in [3.05, 3.63) is 37.3 Å². The topological polar surface area (TPSA) is 58.9 Å². The summed E-state index contributed by atoms with van der Waals surface area (Å²) in [5.74, 6) is 0.992. The van der Waals surface area contributed by atoms with Crippen LogP contribution in [0.4, 0.5) is 0 Å². The summed E-state index contributed by atoms with van der Waals surface area (Å²) in [6.45, 7) is 2.04. The van der Waals surface area contributed by atoms with E-state index >= 15 is 0 Å². The molecule has 0 aliphatic carbocycles. The van der Waals surface area contributed by atoms with Gasteiger partial charge in [-0.2, -0.15) is 0 Å². The van der Waals surface area contributed by atoms with Gasteiger partial charge in [-0.05, 0) is 50.4 Å². The molecule has 2 aromatic heterocycles. The predicted molar refractivity (Wildman–Crippen MR) is 72.0 cm³/mol. The molecule has 2 rings (SSSR count). The Morgan fingerprint density at radius 3 is 2.76 bits per heavy atom. The standard InChI is InChI=1S/C11H10Br2N2O2/c1-2-3-6-9(13)11(16)15-10(14-6)7-4-5-8(12)17-7/h4-5H,2-3H2,1H3,(H,14,15,16). The molecule has 0 spiro atoms. The second-order valence-electron chi connectivity index (χ2n) is 3.53. The van der Waals surface area contributed by atoms with Gasteiger partial charge in [0.05, 0.1) is 5.69 Å². The molecule has 0 fully saturated rings. The number of nitrogens with one attached hydrogen (secondary N) is 1. The van der Waals surface area contributed by atoms with Crippen molar-refractivity contribution in [1.82, 2.24) is 9.97 Å². The summed E-state index contributed by atoms with van der Waals surface area (Å²) in [6.07, 6.45) is 1.68. The number of hydrogen-bond donors (Lipinski definition) is 1. The Labute approximate surface area is 115 Å². The highest BCUT2D eigenvalue weighted by molar-refractivity contribution is 9.10. The van der Waals surface area contributed by atoms with E-state index in [0.717, 1.165) is 18.5 Å². The lowest BCUT2D eigenvalue weighted by molar-refractivity contribution is 0.550. The normalized spacial score (nSPS) is 10.8. The zero-order chi connectivity index (χ0) is 12.4. The van der Waals surface area contributed by atoms with Gasteiger partial charge in [0.15, 0.2) is 16.3 Å². The van der Waals surface area contributed by atoms with Crippen molar-refractivity contribution >= 4 is 31.9 Å². The first-order chi connectivity index (χ1) is 8.11. The first-order valence-corrected chi connectivity index (χ1v) is 6.74. The van der Waals surface area contributed by atoms with Crippen LogP contribution in [0.5, 0.6) is 0 Å². The van der Waals surface area contributed by atoms with Crippen LogP contribution in [-0.4, -0.2) is 9.97 Å². The highest BCUT2D eigenvalue weighted by Gasteiger charge is 2.12. The van der Waals surface area contributed by atoms with E-state index in [1.165, 1.54) is 0 Å². The fraction of sp³-hybridized carbons (Fsp3) is 0.273. The Hall–Kier alpha value is -0.880. The van der Waals surface area contributed by atoms with Crippen molar-refractivity contribution < 1.29 is 4.42 Å². The van der Waals surface area contributed by atoms with Crippen LogP contribution in [0.3, 0.4) is 0 Å². The number of aromatic amines is 1. The lowest BCUT2D eigenvalue weighted by Gasteiger charge is -2.03. The van der Waals surface area contributed by atoms with Crippen LogP contribution in [0.2, 0.25) is 0 Å². The summed E-state index contributed by atoms with van der Waals surface area (Å²) in [5, 5.41) is 0. The van der Waals surface area contributed by atoms with E-state index in [-0.39, 0.29) is 5.56 Å². The van der Waals surface area contributed by atoms with Gasteiger partial charge in [0.1, 0.15) is 4.47 Å². The maximum absolute atomic E-state index is 11.7. The molecule has 2 heterocycles. The molecule has 0 amide bonds. The third kappa shape index (κ3) is 2.69. The van der Waals surface area contributed by atoms with E-state index in [9.17, 15) is 4.79 Å². The van der Waals surface area contributed by atoms with Gasteiger partial charge in [-0.25, -0.2) is 4.98 Å². The van der Waals surface area contributed by atoms with Gasteiger partial charge in [-0.15, -0.1) is 0 Å². The number of furan rings is 1. The second-order valence-corrected chi connectivity index (χ2v) is 5.10. The summed E-state index contributed by atoms with van der Waals surface area (Å²) in [6, 6.07) is 3.52. The monoisotopic (exact) mass is 360 g/mol. The molecule has 0 saturated heterocycles. The summed E-state index contributed by atoms with van der Waals surface area (Å²) >= 11 is 6.46. The highest BCUT2D eigenvalue weighted by Crippen LogP contribution is 2.22. The van der Waals surface area contributed by atoms with E-state index in [2.05, 4.69) is 41.8 Å². The maximum atomic E-state index is 11.7. The molecule has 0 radical (unpaired) electrons. The molecule has 0 aromatic carbocycles. The van der Waals surface area contributed by atoms with Gasteiger partial charge >= 0.3 is 0 Å². The molecule has 0 unspecified atom stereocenters. The Morgan fingerprint density at radius 1 is 1.41 bits per heavy atom. The minimum atomic E-state index is -0.189. The fourth-order valence-corrected chi connectivity index (χ4v) is 2.16. The van der Waals surface area contributed by atoms with Crippen molar-refractivity contribution in [2.45, 2.75) is 19.8 Å². The Balaban J connectivity index is 2.52. The predicted octanol–water partition coefficient (Wildman–Crippen LogP) is 3.51. The first kappa shape index (κ1) is 12.6. The molecule has 1 N–H and O–H groups in total. The van der Waals surface area contributed by atoms with Gasteiger partial charge in [-0.3, -0.25) is 4.79 Å². The van der Waals surface area contributed by atoms with E-state index in [1.54, 1.807) is 12.1 Å². The molecule has 90 valence electrons. The summed E-state index contributed by atoms with van der Waals surface area (Å²) in [5.41, 5.74) is 0.560. The van der Waals surface area contributed by atoms with E-state index in [0.29, 0.717) is 20.7 Å². The number of rotatable bonds is 3. The summed E-state index contributed by atoms with van der Waals surface area (Å²) in [4.78, 5) is 18.8. The highest BCUT2D eigenvalue weighted by atomic mass is 79.9. The Kier molecular flexibility index (Phi) is 3.83. The van der Waals surface area contributed by atoms with Crippen LogP contribution >= 0.6 is 31.9 Å². The van der Waals surface area contributed by atoms with Crippen LogP contribution in [0.1, 0.15) is 19.0 Å². The van der Waals surface area contributed by atoms with Crippen molar-refractivity contribution in [3.8, 4) is 11.6 Å². The molecular weight excluding hydrogens is 352 g/mol. The van der Waals surface area contributed by atoms with Crippen molar-refractivity contribution in [2.75, 3.05) is 0 Å². The van der Waals surface area contributed by atoms with E-state index in [4.69, 9.17) is 4.42 Å². The Morgan fingerprint density at radius 2 is 2.18 bits per heavy atom. The molecule has 0 bridgehead atoms. The van der Waals surface area contributed by atoms with Crippen molar-refractivity contribution in [3.63, 3.8) is 0 Å². The molecule has 0 saturated carbocycles. The Bertz CT molecular complexity index is 589. The molecule has 17 heavy (non-hydrogen) atoms. The van der Waals surface area contributed by atoms with E-state index in [1.807, 2.05) is 6.92 Å². The number of nitrogens with zero attached hydrogens (tertiary/aromatic N) is 1. The van der Waals surface area contributed by atoms with Gasteiger partial charge in [0.2, 0.25) is 0 Å². The molecule has 4 nitrogen and oxygen atoms in total. The van der Waals surface area contributed by atoms with Crippen LogP contribution in [0.15, 0.2) is 30.5 Å². The minimum absolute atomic E-state index is 0.189. The van der Waals surface area contributed by atoms with Gasteiger partial charge in [0, 0.05) is 0 Å². The van der Waals surface area contributed by atoms with Crippen LogP contribution in [0.25, 0.3) is 11.6 Å². The molecule has 0 aliphatic rings. The molecule has 6 heteroatoms. The van der Waals surface area contributed by atoms with Crippen LogP contribution < -0.4 is 5.56 Å². The lowest BCUT2D eigenvalue weighted by Crippen LogP contribution is -2.13. The third-order valence-corrected chi connectivity index (χ3v) is 3.47. The summed E-state index contributed by atoms with van der Waals surface area (Å²) in [7, 11) is 0. The largest absolute Gasteiger partial charge is 0.446 e. The van der Waals surface area contributed by atoms with Crippen molar-refractivity contribution in [1.29, 1.82) is 0 Å². The lowest BCUT2D eigenvalue weighted by atomic mass is 10.2. The van der Waals surface area contributed by atoms with E-state index < -0.39 is 0 Å². The first-order valence-electron chi connectivity index (χ1n) is 5.16. The summed E-state index contributed by atoms with van der Waals surface area (Å²) < 4.78 is 6.47. The molecule has 0 aliphatic heterocycles. The number of aryl methyl sites for hydroxylation is 1. The average Bonchev–Trinajstić information content (AvgIpc) is 2.71. The van der Waals surface area contributed by atoms with Gasteiger partial charge < -0.3 is 9.40 Å². The smallest absolute Gasteiger partial charge is 0.265 e. The quantitative estimate of drug-likeness (QED) is 0.909. The molecular formula is C11H10Br2N2O2. The fourth-order valence-electron chi connectivity index (χ4n) is 1.47. The molecule has 0 atom stereocenters. The maximum Gasteiger partial charge on any atom is 0.265 e. The average molecular weight is 362 g/mol. The third-order valence-electron chi connectivity index (χ3n) is 2.22. The van der Waals surface area contributed by atoms with Gasteiger partial charge in [-0.1, -0.05) is 13.3 Å². The van der Waals surface area contributed by atoms with Crippen molar-refractivity contribution in [2.24, 2.45) is 0 Å².